The lowest BCUT2D eigenvalue weighted by Gasteiger charge is -2.30. The van der Waals surface area contributed by atoms with Gasteiger partial charge in [-0.05, 0) is 29.8 Å². The summed E-state index contributed by atoms with van der Waals surface area (Å²) in [5.41, 5.74) is 0.570. The molecular formula is C19H20Cl2N2O4S. The number of rotatable bonds is 6. The van der Waals surface area contributed by atoms with E-state index < -0.39 is 10.0 Å². The lowest BCUT2D eigenvalue weighted by atomic mass is 10.2. The molecule has 3 rings (SSSR count). The van der Waals surface area contributed by atoms with Crippen molar-refractivity contribution in [3.05, 3.63) is 64.1 Å². The molecule has 0 aromatic heterocycles. The van der Waals surface area contributed by atoms with Crippen LogP contribution in [0.25, 0.3) is 0 Å². The monoisotopic (exact) mass is 442 g/mol. The van der Waals surface area contributed by atoms with E-state index in [1.165, 1.54) is 12.1 Å². The predicted molar refractivity (Wildman–Crippen MR) is 108 cm³/mol. The fourth-order valence-corrected chi connectivity index (χ4v) is 4.73. The lowest BCUT2D eigenvalue weighted by molar-refractivity contribution is -0.135. The van der Waals surface area contributed by atoms with Gasteiger partial charge in [0, 0.05) is 29.7 Å². The van der Waals surface area contributed by atoms with Crippen LogP contribution in [0.4, 0.5) is 0 Å². The van der Waals surface area contributed by atoms with E-state index in [0.717, 1.165) is 4.31 Å². The number of amides is 1. The van der Waals surface area contributed by atoms with Crippen LogP contribution in [0, 0.1) is 0 Å². The van der Waals surface area contributed by atoms with E-state index in [2.05, 4.69) is 0 Å². The van der Waals surface area contributed by atoms with Crippen LogP contribution in [-0.4, -0.2) is 56.4 Å². The van der Waals surface area contributed by atoms with E-state index in [1.807, 2.05) is 0 Å². The van der Waals surface area contributed by atoms with E-state index in [4.69, 9.17) is 27.9 Å². The Balaban J connectivity index is 1.90. The average Bonchev–Trinajstić information content (AvgIpc) is 2.70. The fourth-order valence-electron chi connectivity index (χ4n) is 2.87. The Morgan fingerprint density at radius 3 is 2.39 bits per heavy atom. The Bertz CT molecular complexity index is 932. The van der Waals surface area contributed by atoms with Crippen molar-refractivity contribution >= 4 is 39.1 Å². The molecule has 1 fully saturated rings. The highest BCUT2D eigenvalue weighted by atomic mass is 35.5. The normalized spacial score (nSPS) is 15.0. The molecule has 0 spiro atoms. The molecule has 1 amide bonds. The van der Waals surface area contributed by atoms with Gasteiger partial charge in [-0.25, -0.2) is 8.42 Å². The van der Waals surface area contributed by atoms with Gasteiger partial charge in [0.1, 0.15) is 0 Å². The third-order valence-corrected chi connectivity index (χ3v) is 6.81. The highest BCUT2D eigenvalue weighted by molar-refractivity contribution is 7.89. The van der Waals surface area contributed by atoms with Gasteiger partial charge in [0.2, 0.25) is 15.9 Å². The maximum atomic E-state index is 13.2. The van der Waals surface area contributed by atoms with Crippen LogP contribution in [-0.2, 0) is 26.1 Å². The van der Waals surface area contributed by atoms with Crippen molar-refractivity contribution in [1.29, 1.82) is 0 Å². The van der Waals surface area contributed by atoms with Crippen LogP contribution < -0.4 is 0 Å². The standard InChI is InChI=1S/C19H20Cl2N2O4S/c20-16-7-6-15(18(21)12-16)13-23(14-19(24)22-8-10-27-11-9-22)28(25,26)17-4-2-1-3-5-17/h1-7,12H,8-11,13-14H2. The molecule has 1 aliphatic heterocycles. The molecule has 0 bridgehead atoms. The van der Waals surface area contributed by atoms with Crippen molar-refractivity contribution < 1.29 is 17.9 Å². The minimum absolute atomic E-state index is 0.0384. The molecule has 0 N–H and O–H groups in total. The maximum Gasteiger partial charge on any atom is 0.243 e. The Labute approximate surface area is 174 Å². The van der Waals surface area contributed by atoms with Crippen molar-refractivity contribution in [3.63, 3.8) is 0 Å². The first-order valence-corrected chi connectivity index (χ1v) is 10.9. The van der Waals surface area contributed by atoms with E-state index in [1.54, 1.807) is 41.3 Å². The number of hydrogen-bond acceptors (Lipinski definition) is 4. The van der Waals surface area contributed by atoms with Gasteiger partial charge in [-0.15, -0.1) is 0 Å². The predicted octanol–water partition coefficient (Wildman–Crippen LogP) is 3.04. The number of sulfonamides is 1. The molecule has 2 aromatic carbocycles. The van der Waals surface area contributed by atoms with Gasteiger partial charge in [0.25, 0.3) is 0 Å². The summed E-state index contributed by atoms with van der Waals surface area (Å²) in [6, 6.07) is 12.9. The van der Waals surface area contributed by atoms with Crippen LogP contribution in [0.5, 0.6) is 0 Å². The van der Waals surface area contributed by atoms with Crippen LogP contribution in [0.2, 0.25) is 10.0 Å². The second-order valence-corrected chi connectivity index (χ2v) is 9.10. The van der Waals surface area contributed by atoms with E-state index in [9.17, 15) is 13.2 Å². The molecule has 9 heteroatoms. The highest BCUT2D eigenvalue weighted by Gasteiger charge is 2.29. The smallest absolute Gasteiger partial charge is 0.243 e. The molecule has 6 nitrogen and oxygen atoms in total. The molecule has 0 radical (unpaired) electrons. The number of nitrogens with zero attached hydrogens (tertiary/aromatic N) is 2. The van der Waals surface area contributed by atoms with Gasteiger partial charge in [0.05, 0.1) is 24.7 Å². The Kier molecular flexibility index (Phi) is 6.95. The first kappa shape index (κ1) is 21.1. The van der Waals surface area contributed by atoms with Crippen LogP contribution in [0.1, 0.15) is 5.56 Å². The number of halogens is 2. The van der Waals surface area contributed by atoms with Crippen LogP contribution >= 0.6 is 23.2 Å². The average molecular weight is 443 g/mol. The van der Waals surface area contributed by atoms with Crippen molar-refractivity contribution in [3.8, 4) is 0 Å². The number of carbonyl (C=O) groups is 1. The molecule has 1 saturated heterocycles. The van der Waals surface area contributed by atoms with E-state index in [-0.39, 0.29) is 23.9 Å². The molecule has 0 aliphatic carbocycles. The summed E-state index contributed by atoms with van der Waals surface area (Å²) in [7, 11) is -3.90. The molecule has 28 heavy (non-hydrogen) atoms. The Hall–Kier alpha value is -1.64. The Morgan fingerprint density at radius 1 is 1.07 bits per heavy atom. The van der Waals surface area contributed by atoms with E-state index in [0.29, 0.717) is 41.9 Å². The van der Waals surface area contributed by atoms with E-state index >= 15 is 0 Å². The molecule has 0 saturated carbocycles. The number of hydrogen-bond donors (Lipinski definition) is 0. The van der Waals surface area contributed by atoms with Gasteiger partial charge in [-0.2, -0.15) is 4.31 Å². The first-order chi connectivity index (χ1) is 13.4. The molecule has 1 aliphatic rings. The van der Waals surface area contributed by atoms with Gasteiger partial charge in [-0.1, -0.05) is 47.5 Å². The second kappa shape index (κ2) is 9.24. The zero-order chi connectivity index (χ0) is 20.1. The third kappa shape index (κ3) is 5.04. The van der Waals surface area contributed by atoms with Crippen LogP contribution in [0.15, 0.2) is 53.4 Å². The summed E-state index contributed by atoms with van der Waals surface area (Å²) >= 11 is 12.2. The fraction of sp³-hybridized carbons (Fsp3) is 0.316. The topological polar surface area (TPSA) is 66.9 Å². The number of morpholine rings is 1. The quantitative estimate of drug-likeness (QED) is 0.689. The summed E-state index contributed by atoms with van der Waals surface area (Å²) in [6.07, 6.45) is 0. The minimum Gasteiger partial charge on any atom is -0.378 e. The second-order valence-electron chi connectivity index (χ2n) is 6.32. The molecule has 2 aromatic rings. The first-order valence-electron chi connectivity index (χ1n) is 8.72. The Morgan fingerprint density at radius 2 is 1.75 bits per heavy atom. The number of ether oxygens (including phenoxy) is 1. The summed E-state index contributed by atoms with van der Waals surface area (Å²) in [5, 5.41) is 0.801. The molecule has 1 heterocycles. The molecule has 150 valence electrons. The van der Waals surface area contributed by atoms with Crippen molar-refractivity contribution in [1.82, 2.24) is 9.21 Å². The summed E-state index contributed by atoms with van der Waals surface area (Å²) in [6.45, 7) is 1.46. The minimum atomic E-state index is -3.90. The zero-order valence-corrected chi connectivity index (χ0v) is 17.4. The SMILES string of the molecule is O=C(CN(Cc1ccc(Cl)cc1Cl)S(=O)(=O)c1ccccc1)N1CCOCC1. The molecular weight excluding hydrogens is 423 g/mol. The summed E-state index contributed by atoms with van der Waals surface area (Å²) < 4.78 is 32.8. The number of benzene rings is 2. The third-order valence-electron chi connectivity index (χ3n) is 4.42. The van der Waals surface area contributed by atoms with Gasteiger partial charge < -0.3 is 9.64 Å². The summed E-state index contributed by atoms with van der Waals surface area (Å²) in [4.78, 5) is 14.5. The lowest BCUT2D eigenvalue weighted by Crippen LogP contribution is -2.46. The van der Waals surface area contributed by atoms with Gasteiger partial charge in [-0.3, -0.25) is 4.79 Å². The van der Waals surface area contributed by atoms with Gasteiger partial charge >= 0.3 is 0 Å². The van der Waals surface area contributed by atoms with Crippen LogP contribution in [0.3, 0.4) is 0 Å². The van der Waals surface area contributed by atoms with Crippen molar-refractivity contribution in [2.24, 2.45) is 0 Å². The van der Waals surface area contributed by atoms with Crippen molar-refractivity contribution in [2.45, 2.75) is 11.4 Å². The largest absolute Gasteiger partial charge is 0.378 e. The highest BCUT2D eigenvalue weighted by Crippen LogP contribution is 2.25. The summed E-state index contributed by atoms with van der Waals surface area (Å²) in [5.74, 6) is -0.270. The maximum absolute atomic E-state index is 13.2. The van der Waals surface area contributed by atoms with Crippen molar-refractivity contribution in [2.75, 3.05) is 32.8 Å². The molecule has 0 unspecified atom stereocenters. The number of carbonyl (C=O) groups excluding carboxylic acids is 1. The van der Waals surface area contributed by atoms with Gasteiger partial charge in [0.15, 0.2) is 0 Å². The zero-order valence-electron chi connectivity index (χ0n) is 15.1. The molecule has 0 atom stereocenters.